The van der Waals surface area contributed by atoms with E-state index in [0.29, 0.717) is 35.4 Å². The molecule has 0 amide bonds. The van der Waals surface area contributed by atoms with E-state index in [1.165, 1.54) is 23.9 Å². The van der Waals surface area contributed by atoms with Gasteiger partial charge in [-0.2, -0.15) is 5.10 Å². The molecule has 0 aromatic carbocycles. The molecule has 0 N–H and O–H groups in total. The molecule has 0 aliphatic heterocycles. The van der Waals surface area contributed by atoms with Crippen molar-refractivity contribution >= 4 is 11.3 Å². The summed E-state index contributed by atoms with van der Waals surface area (Å²) in [5.74, 6) is -0.120. The largest absolute Gasteiger partial charge is 0.494 e. The average molecular weight is 250 g/mol. The molecule has 4 nitrogen and oxygen atoms in total. The summed E-state index contributed by atoms with van der Waals surface area (Å²) < 4.78 is 19.9. The van der Waals surface area contributed by atoms with Gasteiger partial charge in [-0.15, -0.1) is 0 Å². The molecule has 96 valence electrons. The summed E-state index contributed by atoms with van der Waals surface area (Å²) in [5.41, 5.74) is 1.75. The molecule has 5 heteroatoms. The number of aryl methyl sites for hydroxylation is 1. The fraction of sp³-hybridized carbons (Fsp3) is 0.385. The summed E-state index contributed by atoms with van der Waals surface area (Å²) in [6.07, 6.45) is 2.26. The number of hydrogen-bond acceptors (Lipinski definition) is 3. The number of fused-ring (bicyclic) bond motifs is 1. The maximum atomic E-state index is 13.4. The molecule has 0 saturated carbocycles. The quantitative estimate of drug-likeness (QED) is 0.783. The first-order valence-electron chi connectivity index (χ1n) is 5.90. The number of pyridine rings is 1. The van der Waals surface area contributed by atoms with Crippen molar-refractivity contribution in [3.05, 3.63) is 29.3 Å². The Labute approximate surface area is 104 Å². The zero-order valence-corrected chi connectivity index (χ0v) is 10.7. The zero-order valence-electron chi connectivity index (χ0n) is 10.7. The molecule has 18 heavy (non-hydrogen) atoms. The molecular weight excluding hydrogens is 235 g/mol. The Morgan fingerprint density at radius 3 is 2.78 bits per heavy atom. The van der Waals surface area contributed by atoms with Crippen LogP contribution in [0.4, 0.5) is 4.39 Å². The molecular formula is C13H15FN2O2. The Hall–Kier alpha value is -1.91. The van der Waals surface area contributed by atoms with Crippen LogP contribution in [-0.2, 0) is 6.42 Å². The summed E-state index contributed by atoms with van der Waals surface area (Å²) >= 11 is 0. The third kappa shape index (κ3) is 1.85. The van der Waals surface area contributed by atoms with E-state index in [0.717, 1.165) is 0 Å². The van der Waals surface area contributed by atoms with Crippen LogP contribution in [-0.4, -0.2) is 22.5 Å². The first kappa shape index (κ1) is 12.5. The normalized spacial score (nSPS) is 10.9. The van der Waals surface area contributed by atoms with Crippen LogP contribution in [0.2, 0.25) is 0 Å². The molecule has 2 heterocycles. The smallest absolute Gasteiger partial charge is 0.166 e. The molecule has 2 rings (SSSR count). The second kappa shape index (κ2) is 4.76. The van der Waals surface area contributed by atoms with Crippen molar-refractivity contribution in [3.8, 4) is 5.75 Å². The van der Waals surface area contributed by atoms with Gasteiger partial charge in [-0.25, -0.2) is 8.91 Å². The van der Waals surface area contributed by atoms with Gasteiger partial charge in [0.1, 0.15) is 17.1 Å². The summed E-state index contributed by atoms with van der Waals surface area (Å²) in [4.78, 5) is 12.0. The van der Waals surface area contributed by atoms with E-state index in [1.807, 2.05) is 6.92 Å². The number of carbonyl (C=O) groups is 1. The van der Waals surface area contributed by atoms with Gasteiger partial charge in [0.25, 0.3) is 0 Å². The van der Waals surface area contributed by atoms with Crippen LogP contribution < -0.4 is 4.74 Å². The van der Waals surface area contributed by atoms with Crippen LogP contribution in [0.15, 0.2) is 12.3 Å². The summed E-state index contributed by atoms with van der Waals surface area (Å²) in [6, 6.07) is 1.27. The summed E-state index contributed by atoms with van der Waals surface area (Å²) in [5, 5.41) is 4.25. The lowest BCUT2D eigenvalue weighted by Gasteiger charge is -2.05. The fourth-order valence-electron chi connectivity index (χ4n) is 2.03. The Balaban J connectivity index is 2.84. The van der Waals surface area contributed by atoms with Crippen molar-refractivity contribution in [1.82, 2.24) is 9.61 Å². The number of carbonyl (C=O) groups excluding carboxylic acids is 1. The first-order valence-corrected chi connectivity index (χ1v) is 5.90. The molecule has 0 spiro atoms. The predicted molar refractivity (Wildman–Crippen MR) is 65.7 cm³/mol. The number of Topliss-reactive ketones (excluding diaryl/α,β-unsaturated/α-hetero) is 1. The summed E-state index contributed by atoms with van der Waals surface area (Å²) in [6.45, 7) is 3.71. The third-order valence-electron chi connectivity index (χ3n) is 2.89. The van der Waals surface area contributed by atoms with Gasteiger partial charge in [-0.05, 0) is 6.42 Å². The lowest BCUT2D eigenvalue weighted by Crippen LogP contribution is -2.01. The lowest BCUT2D eigenvalue weighted by molar-refractivity contribution is 0.0988. The number of rotatable bonds is 4. The lowest BCUT2D eigenvalue weighted by atomic mass is 10.1. The second-order valence-corrected chi connectivity index (χ2v) is 3.97. The Kier molecular flexibility index (Phi) is 3.32. The van der Waals surface area contributed by atoms with E-state index in [9.17, 15) is 9.18 Å². The SMILES string of the molecule is CCC(=O)c1c(CC)nn2cc(F)cc(OC)c12. The van der Waals surface area contributed by atoms with Crippen molar-refractivity contribution in [2.45, 2.75) is 26.7 Å². The Morgan fingerprint density at radius 2 is 2.22 bits per heavy atom. The third-order valence-corrected chi connectivity index (χ3v) is 2.89. The molecule has 2 aromatic heterocycles. The minimum Gasteiger partial charge on any atom is -0.494 e. The van der Waals surface area contributed by atoms with E-state index >= 15 is 0 Å². The van der Waals surface area contributed by atoms with Crippen molar-refractivity contribution in [3.63, 3.8) is 0 Å². The molecule has 0 aliphatic carbocycles. The highest BCUT2D eigenvalue weighted by Gasteiger charge is 2.21. The number of halogens is 1. The van der Waals surface area contributed by atoms with Crippen molar-refractivity contribution in [2.24, 2.45) is 0 Å². The van der Waals surface area contributed by atoms with E-state index in [2.05, 4.69) is 5.10 Å². The van der Waals surface area contributed by atoms with E-state index in [1.54, 1.807) is 6.92 Å². The van der Waals surface area contributed by atoms with Crippen LogP contribution in [0, 0.1) is 5.82 Å². The van der Waals surface area contributed by atoms with Gasteiger partial charge < -0.3 is 4.74 Å². The van der Waals surface area contributed by atoms with Crippen LogP contribution in [0.25, 0.3) is 5.52 Å². The molecule has 0 fully saturated rings. The van der Waals surface area contributed by atoms with Gasteiger partial charge in [0.05, 0.1) is 24.6 Å². The number of nitrogens with zero attached hydrogens (tertiary/aromatic N) is 2. The van der Waals surface area contributed by atoms with Crippen LogP contribution in [0.1, 0.15) is 36.3 Å². The highest BCUT2D eigenvalue weighted by Crippen LogP contribution is 2.28. The second-order valence-electron chi connectivity index (χ2n) is 3.97. The highest BCUT2D eigenvalue weighted by atomic mass is 19.1. The van der Waals surface area contributed by atoms with Crippen LogP contribution in [0.3, 0.4) is 0 Å². The number of ketones is 1. The number of methoxy groups -OCH3 is 1. The first-order chi connectivity index (χ1) is 8.62. The fourth-order valence-corrected chi connectivity index (χ4v) is 2.03. The van der Waals surface area contributed by atoms with E-state index < -0.39 is 5.82 Å². The van der Waals surface area contributed by atoms with E-state index in [-0.39, 0.29) is 5.78 Å². The molecule has 0 radical (unpaired) electrons. The van der Waals surface area contributed by atoms with Gasteiger partial charge in [0, 0.05) is 12.5 Å². The zero-order chi connectivity index (χ0) is 13.3. The number of ether oxygens (including phenoxy) is 1. The minimum atomic E-state index is -0.444. The van der Waals surface area contributed by atoms with Crippen molar-refractivity contribution in [2.75, 3.05) is 7.11 Å². The van der Waals surface area contributed by atoms with Crippen LogP contribution in [0.5, 0.6) is 5.75 Å². The number of aromatic nitrogens is 2. The van der Waals surface area contributed by atoms with E-state index in [4.69, 9.17) is 4.74 Å². The molecule has 0 saturated heterocycles. The van der Waals surface area contributed by atoms with Crippen molar-refractivity contribution in [1.29, 1.82) is 0 Å². The molecule has 0 unspecified atom stereocenters. The van der Waals surface area contributed by atoms with Crippen LogP contribution >= 0.6 is 0 Å². The molecule has 2 aromatic rings. The van der Waals surface area contributed by atoms with Gasteiger partial charge in [-0.1, -0.05) is 13.8 Å². The summed E-state index contributed by atoms with van der Waals surface area (Å²) in [7, 11) is 1.45. The Bertz CT molecular complexity index is 605. The van der Waals surface area contributed by atoms with Gasteiger partial charge in [0.2, 0.25) is 0 Å². The molecule has 0 aliphatic rings. The standard InChI is InChI=1S/C13H15FN2O2/c1-4-9-12(10(17)5-2)13-11(18-3)6-8(14)7-16(13)15-9/h6-7H,4-5H2,1-3H3. The van der Waals surface area contributed by atoms with Crippen molar-refractivity contribution < 1.29 is 13.9 Å². The van der Waals surface area contributed by atoms with Gasteiger partial charge in [-0.3, -0.25) is 4.79 Å². The molecule has 0 atom stereocenters. The highest BCUT2D eigenvalue weighted by molar-refractivity contribution is 6.04. The topological polar surface area (TPSA) is 43.6 Å². The van der Waals surface area contributed by atoms with Gasteiger partial charge >= 0.3 is 0 Å². The monoisotopic (exact) mass is 250 g/mol. The predicted octanol–water partition coefficient (Wildman–Crippen LogP) is 2.64. The average Bonchev–Trinajstić information content (AvgIpc) is 2.74. The Morgan fingerprint density at radius 1 is 1.50 bits per heavy atom. The maximum Gasteiger partial charge on any atom is 0.166 e. The maximum absolute atomic E-state index is 13.4. The minimum absolute atomic E-state index is 0.00763. The van der Waals surface area contributed by atoms with Gasteiger partial charge in [0.15, 0.2) is 5.78 Å². The molecule has 0 bridgehead atoms. The number of hydrogen-bond donors (Lipinski definition) is 0.